The van der Waals surface area contributed by atoms with Gasteiger partial charge in [-0.05, 0) is 18.2 Å². The summed E-state index contributed by atoms with van der Waals surface area (Å²) in [4.78, 5) is 13.0. The average Bonchev–Trinajstić information content (AvgIpc) is 3.08. The summed E-state index contributed by atoms with van der Waals surface area (Å²) in [5.41, 5.74) is 13.9. The second-order valence-electron chi connectivity index (χ2n) is 6.32. The molecule has 10 heteroatoms. The number of nitrogen functional groups attached to an aromatic ring is 2. The molecule has 4 aromatic rings. The Morgan fingerprint density at radius 1 is 1.07 bits per heavy atom. The first-order chi connectivity index (χ1) is 14.1. The molecule has 0 spiro atoms. The van der Waals surface area contributed by atoms with Crippen molar-refractivity contribution in [2.24, 2.45) is 0 Å². The summed E-state index contributed by atoms with van der Waals surface area (Å²) in [5.74, 6) is 0.195. The number of aliphatic hydroxyl groups excluding tert-OH is 1. The van der Waals surface area contributed by atoms with E-state index in [1.807, 2.05) is 6.07 Å². The molecule has 0 atom stereocenters. The van der Waals surface area contributed by atoms with E-state index in [-0.39, 0.29) is 43.0 Å². The molecular formula is C19H19FN8O. The van der Waals surface area contributed by atoms with Gasteiger partial charge in [0.15, 0.2) is 23.1 Å². The fourth-order valence-corrected chi connectivity index (χ4v) is 3.04. The van der Waals surface area contributed by atoms with E-state index in [2.05, 4.69) is 25.4 Å². The van der Waals surface area contributed by atoms with Crippen molar-refractivity contribution < 1.29 is 9.50 Å². The first kappa shape index (κ1) is 18.6. The first-order valence-corrected chi connectivity index (χ1v) is 8.91. The van der Waals surface area contributed by atoms with Gasteiger partial charge in [0, 0.05) is 18.3 Å². The number of nitrogens with two attached hydrogens (primary N) is 2. The second kappa shape index (κ2) is 7.68. The number of halogens is 1. The normalized spacial score (nSPS) is 11.1. The maximum absolute atomic E-state index is 14.1. The molecule has 6 N–H and O–H groups in total. The van der Waals surface area contributed by atoms with Crippen LogP contribution in [-0.2, 0) is 6.54 Å². The summed E-state index contributed by atoms with van der Waals surface area (Å²) in [5, 5.41) is 17.1. The van der Waals surface area contributed by atoms with Crippen molar-refractivity contribution in [1.82, 2.24) is 24.7 Å². The van der Waals surface area contributed by atoms with Gasteiger partial charge in [0.25, 0.3) is 0 Å². The molecule has 1 aromatic carbocycles. The lowest BCUT2D eigenvalue weighted by Crippen LogP contribution is -2.12. The lowest BCUT2D eigenvalue weighted by molar-refractivity contribution is 0.311. The molecule has 0 saturated heterocycles. The molecule has 29 heavy (non-hydrogen) atoms. The molecule has 0 aliphatic rings. The van der Waals surface area contributed by atoms with Crippen LogP contribution >= 0.6 is 0 Å². The number of pyridine rings is 1. The molecule has 0 unspecified atom stereocenters. The van der Waals surface area contributed by atoms with E-state index in [4.69, 9.17) is 16.6 Å². The van der Waals surface area contributed by atoms with Crippen LogP contribution in [0.1, 0.15) is 5.56 Å². The number of benzene rings is 1. The lowest BCUT2D eigenvalue weighted by atomic mass is 10.2. The Kier molecular flexibility index (Phi) is 4.92. The second-order valence-corrected chi connectivity index (χ2v) is 6.32. The molecule has 0 aliphatic carbocycles. The minimum Gasteiger partial charge on any atom is -0.395 e. The predicted octanol–water partition coefficient (Wildman–Crippen LogP) is 1.64. The highest BCUT2D eigenvalue weighted by molar-refractivity contribution is 5.90. The van der Waals surface area contributed by atoms with E-state index in [9.17, 15) is 4.39 Å². The van der Waals surface area contributed by atoms with Crippen molar-refractivity contribution in [2.45, 2.75) is 6.54 Å². The number of nitrogens with one attached hydrogen (secondary N) is 1. The predicted molar refractivity (Wildman–Crippen MR) is 108 cm³/mol. The Morgan fingerprint density at radius 2 is 1.83 bits per heavy atom. The third-order valence-electron chi connectivity index (χ3n) is 4.38. The average molecular weight is 394 g/mol. The highest BCUT2D eigenvalue weighted by atomic mass is 19.1. The Labute approximate surface area is 165 Å². The smallest absolute Gasteiger partial charge is 0.184 e. The monoisotopic (exact) mass is 394 g/mol. The van der Waals surface area contributed by atoms with Crippen LogP contribution < -0.4 is 16.8 Å². The molecule has 3 aromatic heterocycles. The van der Waals surface area contributed by atoms with Crippen molar-refractivity contribution in [3.05, 3.63) is 54.0 Å². The van der Waals surface area contributed by atoms with Gasteiger partial charge >= 0.3 is 0 Å². The van der Waals surface area contributed by atoms with E-state index in [0.29, 0.717) is 28.0 Å². The molecule has 0 bridgehead atoms. The summed E-state index contributed by atoms with van der Waals surface area (Å²) in [6.07, 6.45) is 1.64. The van der Waals surface area contributed by atoms with Gasteiger partial charge in [-0.1, -0.05) is 18.2 Å². The molecule has 3 heterocycles. The van der Waals surface area contributed by atoms with Crippen LogP contribution in [0.15, 0.2) is 42.6 Å². The fourth-order valence-electron chi connectivity index (χ4n) is 3.04. The molecule has 148 valence electrons. The van der Waals surface area contributed by atoms with E-state index in [0.717, 1.165) is 0 Å². The molecule has 0 aliphatic heterocycles. The zero-order chi connectivity index (χ0) is 20.4. The third kappa shape index (κ3) is 3.52. The van der Waals surface area contributed by atoms with E-state index in [1.54, 1.807) is 35.1 Å². The minimum absolute atomic E-state index is 0.0859. The number of nitrogens with zero attached hydrogens (tertiary/aromatic N) is 5. The Hall–Kier alpha value is -3.79. The van der Waals surface area contributed by atoms with Crippen LogP contribution in [0.4, 0.5) is 21.7 Å². The zero-order valence-corrected chi connectivity index (χ0v) is 15.4. The summed E-state index contributed by atoms with van der Waals surface area (Å²) in [6.45, 7) is 0.375. The highest BCUT2D eigenvalue weighted by Crippen LogP contribution is 2.30. The van der Waals surface area contributed by atoms with Gasteiger partial charge in [-0.15, -0.1) is 0 Å². The Morgan fingerprint density at radius 3 is 2.55 bits per heavy atom. The van der Waals surface area contributed by atoms with Crippen molar-refractivity contribution in [2.75, 3.05) is 29.9 Å². The van der Waals surface area contributed by atoms with Crippen LogP contribution in [0.5, 0.6) is 0 Å². The maximum atomic E-state index is 14.1. The van der Waals surface area contributed by atoms with Crippen LogP contribution in [-0.4, -0.2) is 43.0 Å². The molecule has 0 saturated carbocycles. The quantitative estimate of drug-likeness (QED) is 0.387. The van der Waals surface area contributed by atoms with Crippen molar-refractivity contribution in [3.63, 3.8) is 0 Å². The van der Waals surface area contributed by atoms with Gasteiger partial charge in [-0.3, -0.25) is 0 Å². The summed E-state index contributed by atoms with van der Waals surface area (Å²) < 4.78 is 15.7. The number of aliphatic hydroxyl groups is 1. The summed E-state index contributed by atoms with van der Waals surface area (Å²) >= 11 is 0. The largest absolute Gasteiger partial charge is 0.395 e. The molecular weight excluding hydrogens is 375 g/mol. The third-order valence-corrected chi connectivity index (χ3v) is 4.38. The Bertz CT molecular complexity index is 1150. The van der Waals surface area contributed by atoms with E-state index >= 15 is 0 Å². The summed E-state index contributed by atoms with van der Waals surface area (Å²) in [7, 11) is 0. The molecule has 0 fully saturated rings. The Balaban J connectivity index is 1.80. The van der Waals surface area contributed by atoms with Gasteiger partial charge in [0.2, 0.25) is 0 Å². The van der Waals surface area contributed by atoms with Gasteiger partial charge in [-0.2, -0.15) is 5.10 Å². The molecule has 9 nitrogen and oxygen atoms in total. The van der Waals surface area contributed by atoms with Crippen LogP contribution in [0.2, 0.25) is 0 Å². The minimum atomic E-state index is -0.322. The lowest BCUT2D eigenvalue weighted by Gasteiger charge is -2.10. The van der Waals surface area contributed by atoms with Crippen LogP contribution in [0.3, 0.4) is 0 Å². The summed E-state index contributed by atoms with van der Waals surface area (Å²) in [6, 6.07) is 10.1. The highest BCUT2D eigenvalue weighted by Gasteiger charge is 2.19. The van der Waals surface area contributed by atoms with Gasteiger partial charge in [0.1, 0.15) is 17.2 Å². The maximum Gasteiger partial charge on any atom is 0.184 e. The number of aromatic nitrogens is 5. The topological polar surface area (TPSA) is 141 Å². The number of rotatable bonds is 6. The number of anilines is 3. The van der Waals surface area contributed by atoms with Crippen molar-refractivity contribution in [3.8, 4) is 11.5 Å². The van der Waals surface area contributed by atoms with Crippen LogP contribution in [0.25, 0.3) is 22.6 Å². The standard InChI is InChI=1S/C19H19FN8O/c20-13-6-2-1-4-11(13)10-28-19-12(5-3-7-24-19)14(27-28)18-25-16(21)15(17(22)26-18)23-8-9-29/h1-7,23,29H,8-10H2,(H4,21,22,25,26). The van der Waals surface area contributed by atoms with Crippen LogP contribution in [0, 0.1) is 5.82 Å². The fraction of sp³-hybridized carbons (Fsp3) is 0.158. The van der Waals surface area contributed by atoms with Gasteiger partial charge in [-0.25, -0.2) is 24.0 Å². The SMILES string of the molecule is Nc1nc(-c2nn(Cc3ccccc3F)c3ncccc23)nc(N)c1NCCO. The van der Waals surface area contributed by atoms with Crippen molar-refractivity contribution >= 4 is 28.4 Å². The number of hydrogen-bond donors (Lipinski definition) is 4. The van der Waals surface area contributed by atoms with Crippen molar-refractivity contribution in [1.29, 1.82) is 0 Å². The number of hydrogen-bond acceptors (Lipinski definition) is 8. The van der Waals surface area contributed by atoms with Gasteiger partial charge in [0.05, 0.1) is 18.5 Å². The van der Waals surface area contributed by atoms with E-state index < -0.39 is 0 Å². The molecule has 0 amide bonds. The number of fused-ring (bicyclic) bond motifs is 1. The van der Waals surface area contributed by atoms with E-state index in [1.165, 1.54) is 6.07 Å². The first-order valence-electron chi connectivity index (χ1n) is 8.91. The molecule has 4 rings (SSSR count). The molecule has 0 radical (unpaired) electrons. The zero-order valence-electron chi connectivity index (χ0n) is 15.4. The van der Waals surface area contributed by atoms with Gasteiger partial charge < -0.3 is 21.9 Å².